The monoisotopic (exact) mass is 187 g/mol. The lowest BCUT2D eigenvalue weighted by Crippen LogP contribution is -2.36. The molecule has 0 spiro atoms. The molecule has 1 saturated heterocycles. The van der Waals surface area contributed by atoms with Crippen LogP contribution in [-0.2, 0) is 9.47 Å². The maximum absolute atomic E-state index is 9.94. The average molecular weight is 187 g/mol. The second kappa shape index (κ2) is 4.94. The van der Waals surface area contributed by atoms with Gasteiger partial charge in [-0.3, -0.25) is 10.1 Å². The van der Waals surface area contributed by atoms with Gasteiger partial charge < -0.3 is 9.47 Å². The largest absolute Gasteiger partial charge is 0.320 e. The zero-order valence-corrected chi connectivity index (χ0v) is 7.51. The third-order valence-corrected chi connectivity index (χ3v) is 1.66. The number of rotatable bonds is 5. The van der Waals surface area contributed by atoms with E-state index in [0.717, 1.165) is 0 Å². The summed E-state index contributed by atoms with van der Waals surface area (Å²) in [4.78, 5) is 9.63. The zero-order valence-electron chi connectivity index (χ0n) is 7.51. The molecular weight excluding hydrogens is 174 g/mol. The second-order valence-corrected chi connectivity index (χ2v) is 2.83. The van der Waals surface area contributed by atoms with Gasteiger partial charge in [0.25, 0.3) is 0 Å². The van der Waals surface area contributed by atoms with Crippen molar-refractivity contribution in [3.05, 3.63) is 22.3 Å². The summed E-state index contributed by atoms with van der Waals surface area (Å²) in [6, 6.07) is 0. The fraction of sp³-hybridized carbons (Fsp3) is 0.750. The zero-order chi connectivity index (χ0) is 9.68. The van der Waals surface area contributed by atoms with Crippen LogP contribution in [0.15, 0.2) is 12.2 Å². The molecule has 0 aromatic carbocycles. The number of hydrogen-bond donors (Lipinski definition) is 0. The van der Waals surface area contributed by atoms with Crippen LogP contribution in [0.1, 0.15) is 19.8 Å². The van der Waals surface area contributed by atoms with Crippen LogP contribution in [0.3, 0.4) is 0 Å². The topological polar surface area (TPSA) is 61.6 Å². The Balaban J connectivity index is 1.96. The molecule has 0 saturated carbocycles. The van der Waals surface area contributed by atoms with Gasteiger partial charge in [-0.05, 0) is 19.4 Å². The molecule has 1 fully saturated rings. The molecule has 1 heterocycles. The van der Waals surface area contributed by atoms with Crippen molar-refractivity contribution in [2.75, 3.05) is 6.54 Å². The van der Waals surface area contributed by atoms with Crippen molar-refractivity contribution in [2.45, 2.75) is 32.3 Å². The molecule has 0 amide bonds. The van der Waals surface area contributed by atoms with E-state index in [1.54, 1.807) is 6.08 Å². The van der Waals surface area contributed by atoms with E-state index in [9.17, 15) is 10.1 Å². The van der Waals surface area contributed by atoms with E-state index in [2.05, 4.69) is 0 Å². The van der Waals surface area contributed by atoms with E-state index in [-0.39, 0.29) is 24.0 Å². The third-order valence-electron chi connectivity index (χ3n) is 1.66. The Morgan fingerprint density at radius 2 is 2.23 bits per heavy atom. The number of hydrogen-bond acceptors (Lipinski definition) is 4. The Kier molecular flexibility index (Phi) is 3.85. The number of ether oxygens (including phenoxy) is 2. The van der Waals surface area contributed by atoms with Crippen LogP contribution in [0.4, 0.5) is 0 Å². The van der Waals surface area contributed by atoms with Crippen LogP contribution in [0.25, 0.3) is 0 Å². The summed E-state index contributed by atoms with van der Waals surface area (Å²) in [6.45, 7) is 1.84. The number of unbranched alkanes of at least 4 members (excludes halogenated alkanes) is 1. The summed E-state index contributed by atoms with van der Waals surface area (Å²) in [5.74, 6) is 0. The molecule has 0 radical (unpaired) electrons. The first-order chi connectivity index (χ1) is 6.18. The smallest absolute Gasteiger partial charge is 0.204 e. The molecule has 0 bridgehead atoms. The Morgan fingerprint density at radius 3 is 2.77 bits per heavy atom. The van der Waals surface area contributed by atoms with E-state index in [1.165, 1.54) is 0 Å². The van der Waals surface area contributed by atoms with Crippen LogP contribution in [0, 0.1) is 10.1 Å². The van der Waals surface area contributed by atoms with Gasteiger partial charge in [-0.25, -0.2) is 0 Å². The van der Waals surface area contributed by atoms with Gasteiger partial charge in [-0.15, -0.1) is 0 Å². The van der Waals surface area contributed by atoms with Gasteiger partial charge in [-0.2, -0.15) is 0 Å². The number of nitro groups is 1. The molecule has 5 nitrogen and oxygen atoms in total. The summed E-state index contributed by atoms with van der Waals surface area (Å²) in [6.07, 6.45) is 4.52. The van der Waals surface area contributed by atoms with Crippen LogP contribution in [0.5, 0.6) is 0 Å². The van der Waals surface area contributed by atoms with E-state index < -0.39 is 0 Å². The van der Waals surface area contributed by atoms with E-state index in [4.69, 9.17) is 9.47 Å². The van der Waals surface area contributed by atoms with Crippen LogP contribution in [-0.4, -0.2) is 24.0 Å². The van der Waals surface area contributed by atoms with Crippen molar-refractivity contribution >= 4 is 0 Å². The highest BCUT2D eigenvalue weighted by Gasteiger charge is 2.23. The molecule has 1 aliphatic heterocycles. The van der Waals surface area contributed by atoms with Gasteiger partial charge in [0.15, 0.2) is 12.6 Å². The molecule has 0 atom stereocenters. The summed E-state index contributed by atoms with van der Waals surface area (Å²) in [5.41, 5.74) is 0. The summed E-state index contributed by atoms with van der Waals surface area (Å²) in [5, 5.41) is 9.94. The Morgan fingerprint density at radius 1 is 1.54 bits per heavy atom. The first kappa shape index (κ1) is 10.1. The molecule has 0 aromatic heterocycles. The van der Waals surface area contributed by atoms with Crippen molar-refractivity contribution in [2.24, 2.45) is 0 Å². The first-order valence-electron chi connectivity index (χ1n) is 4.28. The maximum atomic E-state index is 9.94. The van der Waals surface area contributed by atoms with Crippen molar-refractivity contribution in [3.8, 4) is 0 Å². The van der Waals surface area contributed by atoms with E-state index in [0.29, 0.717) is 12.8 Å². The van der Waals surface area contributed by atoms with Crippen molar-refractivity contribution in [1.29, 1.82) is 0 Å². The quantitative estimate of drug-likeness (QED) is 0.282. The molecule has 0 aromatic rings. The molecular formula is C8H13NO4. The number of nitrogens with zero attached hydrogens (tertiary/aromatic N) is 1. The van der Waals surface area contributed by atoms with Gasteiger partial charge in [0.2, 0.25) is 6.54 Å². The molecule has 0 N–H and O–H groups in total. The maximum Gasteiger partial charge on any atom is 0.204 e. The lowest BCUT2D eigenvalue weighted by atomic mass is 10.3. The van der Waals surface area contributed by atoms with Crippen molar-refractivity contribution in [1.82, 2.24) is 0 Å². The minimum atomic E-state index is -0.313. The van der Waals surface area contributed by atoms with Crippen LogP contribution >= 0.6 is 0 Å². The molecule has 0 unspecified atom stereocenters. The summed E-state index contributed by atoms with van der Waals surface area (Å²) < 4.78 is 10.2. The molecule has 1 rings (SSSR count). The SMILES string of the molecule is CC1OC(/C=C/CCC[N+](=O)[O-])O1. The van der Waals surface area contributed by atoms with Gasteiger partial charge in [0.05, 0.1) is 0 Å². The normalized spacial score (nSPS) is 27.5. The number of allylic oxidation sites excluding steroid dienone is 1. The average Bonchev–Trinajstić information content (AvgIpc) is 1.99. The molecule has 5 heteroatoms. The summed E-state index contributed by atoms with van der Waals surface area (Å²) in [7, 11) is 0. The standard InChI is InChI=1S/C8H13NO4/c1-7-12-8(13-7)5-3-2-4-6-9(10)11/h3,5,7-8H,2,4,6H2,1H3/b5-3+. The highest BCUT2D eigenvalue weighted by atomic mass is 16.9. The first-order valence-corrected chi connectivity index (χ1v) is 4.28. The second-order valence-electron chi connectivity index (χ2n) is 2.83. The predicted molar refractivity (Wildman–Crippen MR) is 45.7 cm³/mol. The molecule has 1 aliphatic rings. The predicted octanol–water partition coefficient (Wildman–Crippen LogP) is 1.32. The van der Waals surface area contributed by atoms with Crippen molar-refractivity contribution in [3.63, 3.8) is 0 Å². The van der Waals surface area contributed by atoms with Crippen LogP contribution < -0.4 is 0 Å². The Bertz CT molecular complexity index is 198. The Hall–Kier alpha value is -0.940. The fourth-order valence-corrected chi connectivity index (χ4v) is 1.02. The lowest BCUT2D eigenvalue weighted by Gasteiger charge is -2.31. The molecule has 74 valence electrons. The highest BCUT2D eigenvalue weighted by molar-refractivity contribution is 4.87. The lowest BCUT2D eigenvalue weighted by molar-refractivity contribution is -0.480. The van der Waals surface area contributed by atoms with Crippen molar-refractivity contribution < 1.29 is 14.4 Å². The van der Waals surface area contributed by atoms with Gasteiger partial charge >= 0.3 is 0 Å². The van der Waals surface area contributed by atoms with Gasteiger partial charge in [0.1, 0.15) is 0 Å². The fourth-order valence-electron chi connectivity index (χ4n) is 1.02. The van der Waals surface area contributed by atoms with Crippen LogP contribution in [0.2, 0.25) is 0 Å². The van der Waals surface area contributed by atoms with E-state index in [1.807, 2.05) is 13.0 Å². The van der Waals surface area contributed by atoms with Gasteiger partial charge in [0, 0.05) is 11.3 Å². The highest BCUT2D eigenvalue weighted by Crippen LogP contribution is 2.16. The minimum absolute atomic E-state index is 0.0210. The Labute approximate surface area is 76.5 Å². The van der Waals surface area contributed by atoms with E-state index >= 15 is 0 Å². The van der Waals surface area contributed by atoms with Gasteiger partial charge in [-0.1, -0.05) is 6.08 Å². The summed E-state index contributed by atoms with van der Waals surface area (Å²) >= 11 is 0. The third kappa shape index (κ3) is 4.00. The molecule has 13 heavy (non-hydrogen) atoms. The minimum Gasteiger partial charge on any atom is -0.320 e. The molecule has 0 aliphatic carbocycles.